The fourth-order valence-corrected chi connectivity index (χ4v) is 1.51. The third kappa shape index (κ3) is 3.92. The van der Waals surface area contributed by atoms with Gasteiger partial charge in [0.05, 0.1) is 12.3 Å². The summed E-state index contributed by atoms with van der Waals surface area (Å²) in [4.78, 5) is 0. The molecule has 2 heteroatoms. The van der Waals surface area contributed by atoms with Crippen LogP contribution in [0.5, 0.6) is 0 Å². The zero-order chi connectivity index (χ0) is 11.1. The van der Waals surface area contributed by atoms with E-state index < -0.39 is 0 Å². The Morgan fingerprint density at radius 2 is 2.33 bits per heavy atom. The van der Waals surface area contributed by atoms with Crippen LogP contribution < -0.4 is 5.32 Å². The van der Waals surface area contributed by atoms with Crippen LogP contribution in [-0.2, 0) is 0 Å². The van der Waals surface area contributed by atoms with E-state index in [1.54, 1.807) is 6.26 Å². The summed E-state index contributed by atoms with van der Waals surface area (Å²) >= 11 is 0. The lowest BCUT2D eigenvalue weighted by molar-refractivity contribution is 0.408. The third-order valence-corrected chi connectivity index (χ3v) is 2.52. The van der Waals surface area contributed by atoms with Gasteiger partial charge in [0.2, 0.25) is 0 Å². The fourth-order valence-electron chi connectivity index (χ4n) is 1.51. The topological polar surface area (TPSA) is 25.2 Å². The second kappa shape index (κ2) is 6.46. The molecule has 0 aliphatic carbocycles. The van der Waals surface area contributed by atoms with Gasteiger partial charge in [-0.3, -0.25) is 0 Å². The molecule has 1 aromatic heterocycles. The SMILES string of the molecule is C=C(CC)CC(NCCC)c1ccco1. The van der Waals surface area contributed by atoms with Gasteiger partial charge in [0.1, 0.15) is 5.76 Å². The predicted octanol–water partition coefficient (Wildman–Crippen LogP) is 3.68. The van der Waals surface area contributed by atoms with Crippen LogP contribution in [0.4, 0.5) is 0 Å². The van der Waals surface area contributed by atoms with Gasteiger partial charge in [0, 0.05) is 0 Å². The Morgan fingerprint density at radius 1 is 1.53 bits per heavy atom. The van der Waals surface area contributed by atoms with Gasteiger partial charge in [0.15, 0.2) is 0 Å². The molecule has 1 rings (SSSR count). The number of nitrogens with one attached hydrogen (secondary N) is 1. The minimum Gasteiger partial charge on any atom is -0.468 e. The molecular weight excluding hydrogens is 186 g/mol. The van der Waals surface area contributed by atoms with Crippen molar-refractivity contribution in [3.63, 3.8) is 0 Å². The largest absolute Gasteiger partial charge is 0.468 e. The van der Waals surface area contributed by atoms with Crippen molar-refractivity contribution in [3.05, 3.63) is 36.3 Å². The van der Waals surface area contributed by atoms with E-state index in [0.717, 1.165) is 31.6 Å². The van der Waals surface area contributed by atoms with E-state index in [4.69, 9.17) is 4.42 Å². The lowest BCUT2D eigenvalue weighted by Gasteiger charge is -2.16. The Hall–Kier alpha value is -1.02. The van der Waals surface area contributed by atoms with Crippen LogP contribution in [0.2, 0.25) is 0 Å². The van der Waals surface area contributed by atoms with Crippen molar-refractivity contribution in [2.24, 2.45) is 0 Å². The molecular formula is C13H21NO. The van der Waals surface area contributed by atoms with E-state index in [2.05, 4.69) is 25.7 Å². The molecule has 84 valence electrons. The van der Waals surface area contributed by atoms with Crippen LogP contribution in [0, 0.1) is 0 Å². The summed E-state index contributed by atoms with van der Waals surface area (Å²) in [6.07, 6.45) is 4.86. The van der Waals surface area contributed by atoms with Gasteiger partial charge < -0.3 is 9.73 Å². The van der Waals surface area contributed by atoms with Crippen molar-refractivity contribution in [1.82, 2.24) is 5.32 Å². The molecule has 15 heavy (non-hydrogen) atoms. The second-order valence-electron chi connectivity index (χ2n) is 3.83. The molecule has 1 aromatic rings. The van der Waals surface area contributed by atoms with Crippen molar-refractivity contribution in [3.8, 4) is 0 Å². The Labute approximate surface area is 92.4 Å². The van der Waals surface area contributed by atoms with E-state index in [-0.39, 0.29) is 6.04 Å². The molecule has 0 aliphatic heterocycles. The number of hydrogen-bond acceptors (Lipinski definition) is 2. The first-order chi connectivity index (χ1) is 7.27. The molecule has 0 spiro atoms. The smallest absolute Gasteiger partial charge is 0.120 e. The first-order valence-corrected chi connectivity index (χ1v) is 5.71. The molecule has 0 saturated carbocycles. The quantitative estimate of drug-likeness (QED) is 0.690. The fraction of sp³-hybridized carbons (Fsp3) is 0.538. The molecule has 0 amide bonds. The van der Waals surface area contributed by atoms with Crippen LogP contribution in [0.3, 0.4) is 0 Å². The first-order valence-electron chi connectivity index (χ1n) is 5.71. The highest BCUT2D eigenvalue weighted by atomic mass is 16.3. The highest BCUT2D eigenvalue weighted by Gasteiger charge is 2.13. The Kier molecular flexibility index (Phi) is 5.19. The van der Waals surface area contributed by atoms with Crippen molar-refractivity contribution in [2.75, 3.05) is 6.54 Å². The van der Waals surface area contributed by atoms with Crippen molar-refractivity contribution in [1.29, 1.82) is 0 Å². The van der Waals surface area contributed by atoms with Gasteiger partial charge in [-0.2, -0.15) is 0 Å². The van der Waals surface area contributed by atoms with E-state index in [1.807, 2.05) is 12.1 Å². The molecule has 0 bridgehead atoms. The van der Waals surface area contributed by atoms with Crippen molar-refractivity contribution < 1.29 is 4.42 Å². The van der Waals surface area contributed by atoms with E-state index in [9.17, 15) is 0 Å². The molecule has 1 N–H and O–H groups in total. The standard InChI is InChI=1S/C13H21NO/c1-4-8-14-12(10-11(3)5-2)13-7-6-9-15-13/h6-7,9,12,14H,3-5,8,10H2,1-2H3. The summed E-state index contributed by atoms with van der Waals surface area (Å²) in [6.45, 7) is 9.37. The van der Waals surface area contributed by atoms with Gasteiger partial charge in [-0.1, -0.05) is 26.0 Å². The summed E-state index contributed by atoms with van der Waals surface area (Å²) in [7, 11) is 0. The van der Waals surface area contributed by atoms with Crippen molar-refractivity contribution >= 4 is 0 Å². The van der Waals surface area contributed by atoms with Crippen LogP contribution in [0.1, 0.15) is 44.9 Å². The summed E-state index contributed by atoms with van der Waals surface area (Å²) in [5.41, 5.74) is 1.26. The zero-order valence-electron chi connectivity index (χ0n) is 9.75. The number of hydrogen-bond donors (Lipinski definition) is 1. The minimum atomic E-state index is 0.285. The second-order valence-corrected chi connectivity index (χ2v) is 3.83. The third-order valence-electron chi connectivity index (χ3n) is 2.52. The molecule has 1 heterocycles. The zero-order valence-corrected chi connectivity index (χ0v) is 9.75. The highest BCUT2D eigenvalue weighted by Crippen LogP contribution is 2.22. The van der Waals surface area contributed by atoms with Crippen LogP contribution in [-0.4, -0.2) is 6.54 Å². The van der Waals surface area contributed by atoms with E-state index >= 15 is 0 Å². The Bertz CT molecular complexity index is 277. The lowest BCUT2D eigenvalue weighted by Crippen LogP contribution is -2.22. The minimum absolute atomic E-state index is 0.285. The van der Waals surface area contributed by atoms with Crippen LogP contribution in [0.15, 0.2) is 35.0 Å². The molecule has 0 fully saturated rings. The molecule has 2 nitrogen and oxygen atoms in total. The van der Waals surface area contributed by atoms with Gasteiger partial charge in [-0.25, -0.2) is 0 Å². The molecule has 0 radical (unpaired) electrons. The first kappa shape index (κ1) is 12.1. The summed E-state index contributed by atoms with van der Waals surface area (Å²) < 4.78 is 5.43. The maximum atomic E-state index is 5.43. The summed E-state index contributed by atoms with van der Waals surface area (Å²) in [5.74, 6) is 1.01. The van der Waals surface area contributed by atoms with E-state index in [0.29, 0.717) is 0 Å². The maximum Gasteiger partial charge on any atom is 0.120 e. The molecule has 1 unspecified atom stereocenters. The van der Waals surface area contributed by atoms with Gasteiger partial charge in [-0.05, 0) is 37.9 Å². The molecule has 1 atom stereocenters. The van der Waals surface area contributed by atoms with Crippen LogP contribution >= 0.6 is 0 Å². The maximum absolute atomic E-state index is 5.43. The van der Waals surface area contributed by atoms with Gasteiger partial charge >= 0.3 is 0 Å². The van der Waals surface area contributed by atoms with Gasteiger partial charge in [-0.15, -0.1) is 0 Å². The average Bonchev–Trinajstić information content (AvgIpc) is 2.77. The highest BCUT2D eigenvalue weighted by molar-refractivity contribution is 5.09. The van der Waals surface area contributed by atoms with Gasteiger partial charge in [0.25, 0.3) is 0 Å². The molecule has 0 aliphatic rings. The van der Waals surface area contributed by atoms with Crippen molar-refractivity contribution in [2.45, 2.75) is 39.2 Å². The summed E-state index contributed by atoms with van der Waals surface area (Å²) in [6, 6.07) is 4.24. The predicted molar refractivity (Wildman–Crippen MR) is 63.8 cm³/mol. The van der Waals surface area contributed by atoms with E-state index in [1.165, 1.54) is 5.57 Å². The average molecular weight is 207 g/mol. The lowest BCUT2D eigenvalue weighted by atomic mass is 10.0. The monoisotopic (exact) mass is 207 g/mol. The summed E-state index contributed by atoms with van der Waals surface area (Å²) in [5, 5.41) is 3.48. The number of furan rings is 1. The number of rotatable bonds is 7. The Balaban J connectivity index is 2.57. The Morgan fingerprint density at radius 3 is 2.87 bits per heavy atom. The molecule has 0 saturated heterocycles. The van der Waals surface area contributed by atoms with Crippen LogP contribution in [0.25, 0.3) is 0 Å². The molecule has 0 aromatic carbocycles. The normalized spacial score (nSPS) is 12.7.